The quantitative estimate of drug-likeness (QED) is 0.577. The number of aromatic nitrogens is 3. The zero-order chi connectivity index (χ0) is 16.2. The highest BCUT2D eigenvalue weighted by molar-refractivity contribution is 8.00. The van der Waals surface area contributed by atoms with Crippen LogP contribution in [0.25, 0.3) is 0 Å². The van der Waals surface area contributed by atoms with E-state index in [2.05, 4.69) is 19.7 Å². The summed E-state index contributed by atoms with van der Waals surface area (Å²) >= 11 is 1.40. The molecule has 2 aliphatic rings. The van der Waals surface area contributed by atoms with Crippen LogP contribution in [0.15, 0.2) is 5.16 Å². The van der Waals surface area contributed by atoms with E-state index in [0.29, 0.717) is 0 Å². The minimum absolute atomic E-state index is 0.208. The summed E-state index contributed by atoms with van der Waals surface area (Å²) in [6, 6.07) is 0. The average Bonchev–Trinajstić information content (AvgIpc) is 3.29. The van der Waals surface area contributed by atoms with Crippen molar-refractivity contribution in [3.05, 3.63) is 0 Å². The Morgan fingerprint density at radius 2 is 2.17 bits per heavy atom. The van der Waals surface area contributed by atoms with Crippen LogP contribution in [0.2, 0.25) is 0 Å². The van der Waals surface area contributed by atoms with Crippen LogP contribution in [0.1, 0.15) is 32.6 Å². The van der Waals surface area contributed by atoms with E-state index < -0.39 is 0 Å². The van der Waals surface area contributed by atoms with Crippen molar-refractivity contribution in [3.63, 3.8) is 0 Å². The molecule has 1 aromatic rings. The summed E-state index contributed by atoms with van der Waals surface area (Å²) in [4.78, 5) is 14.0. The zero-order valence-electron chi connectivity index (χ0n) is 13.7. The number of esters is 1. The molecule has 0 radical (unpaired) electrons. The van der Waals surface area contributed by atoms with Gasteiger partial charge in [0.25, 0.3) is 0 Å². The molecule has 2 fully saturated rings. The number of carbonyl (C=O) groups is 1. The Morgan fingerprint density at radius 1 is 1.39 bits per heavy atom. The topological polar surface area (TPSA) is 69.5 Å². The highest BCUT2D eigenvalue weighted by Gasteiger charge is 2.27. The number of rotatable bonds is 6. The predicted octanol–water partition coefficient (Wildman–Crippen LogP) is 1.71. The van der Waals surface area contributed by atoms with Gasteiger partial charge in [-0.15, -0.1) is 10.2 Å². The average molecular weight is 340 g/mol. The van der Waals surface area contributed by atoms with E-state index in [-0.39, 0.29) is 17.3 Å². The summed E-state index contributed by atoms with van der Waals surface area (Å²) in [5.74, 6) is 0.655. The molecule has 0 amide bonds. The number of methoxy groups -OCH3 is 1. The fraction of sp³-hybridized carbons (Fsp3) is 0.800. The molecule has 0 aliphatic carbocycles. The molecule has 0 N–H and O–H groups in total. The summed E-state index contributed by atoms with van der Waals surface area (Å²) in [6.45, 7) is 5.43. The molecule has 3 rings (SSSR count). The molecule has 128 valence electrons. The van der Waals surface area contributed by atoms with Crippen LogP contribution in [0.5, 0.6) is 0 Å². The summed E-state index contributed by atoms with van der Waals surface area (Å²) in [5.41, 5.74) is 0. The monoisotopic (exact) mass is 340 g/mol. The maximum Gasteiger partial charge on any atom is 0.318 e. The van der Waals surface area contributed by atoms with Gasteiger partial charge in [-0.3, -0.25) is 9.36 Å². The second-order valence-electron chi connectivity index (χ2n) is 6.01. The Bertz CT molecular complexity index is 539. The Hall–Kier alpha value is -1.28. The van der Waals surface area contributed by atoms with Gasteiger partial charge >= 0.3 is 5.97 Å². The van der Waals surface area contributed by atoms with Crippen LogP contribution in [-0.2, 0) is 20.8 Å². The van der Waals surface area contributed by atoms with Crippen molar-refractivity contribution in [1.82, 2.24) is 14.8 Å². The van der Waals surface area contributed by atoms with Gasteiger partial charge in [0, 0.05) is 19.7 Å². The lowest BCUT2D eigenvalue weighted by Crippen LogP contribution is -2.25. The molecule has 2 aliphatic heterocycles. The maximum atomic E-state index is 11.7. The Balaban J connectivity index is 1.80. The summed E-state index contributed by atoms with van der Waals surface area (Å²) in [5, 5.41) is 9.18. The standard InChI is InChI=1S/C15H24N4O3S/c1-11(13(20)21-2)23-15-17-16-14(18-7-3-4-8-18)19(15)10-12-6-5-9-22-12/h11-12H,3-10H2,1-2H3/t11-,12-/m1/s1. The van der Waals surface area contributed by atoms with Gasteiger partial charge < -0.3 is 14.4 Å². The lowest BCUT2D eigenvalue weighted by Gasteiger charge is -2.20. The number of hydrogen-bond donors (Lipinski definition) is 0. The fourth-order valence-corrected chi connectivity index (χ4v) is 3.92. The first-order valence-electron chi connectivity index (χ1n) is 8.23. The van der Waals surface area contributed by atoms with Crippen molar-refractivity contribution >= 4 is 23.7 Å². The van der Waals surface area contributed by atoms with Gasteiger partial charge in [-0.2, -0.15) is 0 Å². The first kappa shape index (κ1) is 16.6. The molecule has 2 saturated heterocycles. The van der Waals surface area contributed by atoms with Crippen molar-refractivity contribution in [2.75, 3.05) is 31.7 Å². The molecule has 2 atom stereocenters. The lowest BCUT2D eigenvalue weighted by molar-refractivity contribution is -0.139. The highest BCUT2D eigenvalue weighted by atomic mass is 32.2. The number of nitrogens with zero attached hydrogens (tertiary/aromatic N) is 4. The minimum Gasteiger partial charge on any atom is -0.468 e. The SMILES string of the molecule is COC(=O)[C@@H](C)Sc1nnc(N2CCCC2)n1C[C@H]1CCCO1. The van der Waals surface area contributed by atoms with Crippen molar-refractivity contribution < 1.29 is 14.3 Å². The molecule has 23 heavy (non-hydrogen) atoms. The van der Waals surface area contributed by atoms with Crippen molar-refractivity contribution in [2.24, 2.45) is 0 Å². The molecule has 0 unspecified atom stereocenters. The Morgan fingerprint density at radius 3 is 2.83 bits per heavy atom. The smallest absolute Gasteiger partial charge is 0.318 e. The van der Waals surface area contributed by atoms with E-state index in [1.165, 1.54) is 31.7 Å². The largest absolute Gasteiger partial charge is 0.468 e. The third-order valence-corrected chi connectivity index (χ3v) is 5.37. The number of hydrogen-bond acceptors (Lipinski definition) is 7. The lowest BCUT2D eigenvalue weighted by atomic mass is 10.2. The van der Waals surface area contributed by atoms with Crippen LogP contribution in [0.4, 0.5) is 5.95 Å². The predicted molar refractivity (Wildman–Crippen MR) is 87.8 cm³/mol. The molecular formula is C15H24N4O3S. The van der Waals surface area contributed by atoms with E-state index in [1.54, 1.807) is 0 Å². The van der Waals surface area contributed by atoms with Crippen LogP contribution in [0.3, 0.4) is 0 Å². The molecule has 0 bridgehead atoms. The summed E-state index contributed by atoms with van der Waals surface area (Å²) < 4.78 is 12.7. The zero-order valence-corrected chi connectivity index (χ0v) is 14.5. The molecule has 8 heteroatoms. The molecule has 0 saturated carbocycles. The van der Waals surface area contributed by atoms with Gasteiger partial charge in [0.05, 0.1) is 19.8 Å². The normalized spacial score (nSPS) is 22.5. The first-order chi connectivity index (χ1) is 11.2. The second-order valence-corrected chi connectivity index (χ2v) is 7.31. The van der Waals surface area contributed by atoms with Crippen molar-refractivity contribution in [2.45, 2.75) is 55.7 Å². The molecule has 0 aromatic carbocycles. The van der Waals surface area contributed by atoms with Crippen LogP contribution in [-0.4, -0.2) is 58.9 Å². The third-order valence-electron chi connectivity index (χ3n) is 4.31. The van der Waals surface area contributed by atoms with Crippen molar-refractivity contribution in [3.8, 4) is 0 Å². The minimum atomic E-state index is -0.307. The van der Waals surface area contributed by atoms with E-state index in [4.69, 9.17) is 9.47 Å². The summed E-state index contributed by atoms with van der Waals surface area (Å²) in [7, 11) is 1.41. The number of ether oxygens (including phenoxy) is 2. The first-order valence-corrected chi connectivity index (χ1v) is 9.11. The Labute approximate surface area is 140 Å². The summed E-state index contributed by atoms with van der Waals surface area (Å²) in [6.07, 6.45) is 4.75. The molecule has 0 spiro atoms. The van der Waals surface area contributed by atoms with Gasteiger partial charge in [0.2, 0.25) is 5.95 Å². The number of carbonyl (C=O) groups excluding carboxylic acids is 1. The molecule has 1 aromatic heterocycles. The van der Waals surface area contributed by atoms with E-state index >= 15 is 0 Å². The van der Waals surface area contributed by atoms with E-state index in [9.17, 15) is 4.79 Å². The Kier molecular flexibility index (Phi) is 5.42. The molecular weight excluding hydrogens is 316 g/mol. The highest BCUT2D eigenvalue weighted by Crippen LogP contribution is 2.29. The number of thioether (sulfide) groups is 1. The van der Waals surface area contributed by atoms with Gasteiger partial charge in [-0.1, -0.05) is 11.8 Å². The van der Waals surface area contributed by atoms with Gasteiger partial charge in [-0.05, 0) is 32.6 Å². The fourth-order valence-electron chi connectivity index (χ4n) is 3.04. The maximum absolute atomic E-state index is 11.7. The van der Waals surface area contributed by atoms with Crippen molar-refractivity contribution in [1.29, 1.82) is 0 Å². The van der Waals surface area contributed by atoms with Crippen LogP contribution < -0.4 is 4.90 Å². The number of anilines is 1. The molecule has 7 nitrogen and oxygen atoms in total. The second kappa shape index (κ2) is 7.53. The van der Waals surface area contributed by atoms with E-state index in [1.807, 2.05) is 6.92 Å². The van der Waals surface area contributed by atoms with E-state index in [0.717, 1.165) is 50.2 Å². The van der Waals surface area contributed by atoms with Gasteiger partial charge in [0.1, 0.15) is 5.25 Å². The van der Waals surface area contributed by atoms with Gasteiger partial charge in [-0.25, -0.2) is 0 Å². The van der Waals surface area contributed by atoms with Crippen LogP contribution in [0, 0.1) is 0 Å². The third kappa shape index (κ3) is 3.80. The molecule has 3 heterocycles. The van der Waals surface area contributed by atoms with Crippen LogP contribution >= 0.6 is 11.8 Å². The van der Waals surface area contributed by atoms with Gasteiger partial charge in [0.15, 0.2) is 5.16 Å².